The van der Waals surface area contributed by atoms with Crippen LogP contribution < -0.4 is 0 Å². The maximum absolute atomic E-state index is 8.36. The molecule has 6 heteroatoms. The standard InChI is InChI=1S/C13H22N4.CH2O2/c1-11(2)9-16-4-6-17(7-5-16)10-13-14-8-12(3)15-13;2-1-3/h8H,1,4-7,9-10H2,2-3H3,(H,14,15);1H,(H,2,3). The fourth-order valence-corrected chi connectivity index (χ4v) is 2.25. The van der Waals surface area contributed by atoms with Gasteiger partial charge in [-0.3, -0.25) is 14.6 Å². The largest absolute Gasteiger partial charge is 0.483 e. The number of aryl methyl sites for hydroxylation is 1. The molecule has 0 bridgehead atoms. The number of piperazine rings is 1. The van der Waals surface area contributed by atoms with E-state index >= 15 is 0 Å². The molecule has 0 aliphatic carbocycles. The average Bonchev–Trinajstić information content (AvgIpc) is 2.78. The Morgan fingerprint density at radius 1 is 1.45 bits per heavy atom. The summed E-state index contributed by atoms with van der Waals surface area (Å²) in [5.74, 6) is 1.08. The maximum atomic E-state index is 8.36. The van der Waals surface area contributed by atoms with Gasteiger partial charge in [-0.05, 0) is 13.8 Å². The number of carbonyl (C=O) groups is 1. The van der Waals surface area contributed by atoms with E-state index in [2.05, 4.69) is 33.3 Å². The molecule has 2 N–H and O–H groups in total. The van der Waals surface area contributed by atoms with Gasteiger partial charge in [0.25, 0.3) is 6.47 Å². The van der Waals surface area contributed by atoms with Gasteiger partial charge in [-0.25, -0.2) is 4.98 Å². The number of H-pyrrole nitrogens is 1. The van der Waals surface area contributed by atoms with E-state index in [0.717, 1.165) is 50.8 Å². The van der Waals surface area contributed by atoms with E-state index in [-0.39, 0.29) is 6.47 Å². The van der Waals surface area contributed by atoms with Crippen molar-refractivity contribution in [2.24, 2.45) is 0 Å². The molecule has 0 radical (unpaired) electrons. The zero-order valence-electron chi connectivity index (χ0n) is 12.3. The minimum atomic E-state index is -0.250. The number of hydrogen-bond donors (Lipinski definition) is 2. The number of hydrogen-bond acceptors (Lipinski definition) is 4. The summed E-state index contributed by atoms with van der Waals surface area (Å²) in [6.45, 7) is 14.3. The molecular weight excluding hydrogens is 256 g/mol. The predicted octanol–water partition coefficient (Wildman–Crippen LogP) is 1.11. The SMILES string of the molecule is C=C(C)CN1CCN(Cc2ncc(C)[nH]2)CC1.O=CO. The van der Waals surface area contributed by atoms with Gasteiger partial charge in [-0.2, -0.15) is 0 Å². The zero-order valence-corrected chi connectivity index (χ0v) is 12.3. The fraction of sp³-hybridized carbons (Fsp3) is 0.571. The van der Waals surface area contributed by atoms with E-state index in [1.165, 1.54) is 5.57 Å². The summed E-state index contributed by atoms with van der Waals surface area (Å²) in [4.78, 5) is 20.9. The average molecular weight is 280 g/mol. The molecule has 6 nitrogen and oxygen atoms in total. The Kier molecular flexibility index (Phi) is 6.97. The molecular formula is C14H24N4O2. The van der Waals surface area contributed by atoms with E-state index in [1.54, 1.807) is 0 Å². The number of imidazole rings is 1. The summed E-state index contributed by atoms with van der Waals surface area (Å²) in [6, 6.07) is 0. The predicted molar refractivity (Wildman–Crippen MR) is 78.5 cm³/mol. The summed E-state index contributed by atoms with van der Waals surface area (Å²) in [7, 11) is 0. The summed E-state index contributed by atoms with van der Waals surface area (Å²) in [6.07, 6.45) is 1.90. The lowest BCUT2D eigenvalue weighted by atomic mass is 10.2. The van der Waals surface area contributed by atoms with E-state index in [1.807, 2.05) is 13.1 Å². The number of aromatic nitrogens is 2. The Hall–Kier alpha value is -1.66. The fourth-order valence-electron chi connectivity index (χ4n) is 2.25. The topological polar surface area (TPSA) is 72.5 Å². The lowest BCUT2D eigenvalue weighted by Crippen LogP contribution is -2.46. The van der Waals surface area contributed by atoms with Crippen molar-refractivity contribution in [2.75, 3.05) is 32.7 Å². The Morgan fingerprint density at radius 2 is 2.00 bits per heavy atom. The van der Waals surface area contributed by atoms with Crippen LogP contribution >= 0.6 is 0 Å². The molecule has 0 saturated carbocycles. The van der Waals surface area contributed by atoms with Gasteiger partial charge in [0.1, 0.15) is 5.82 Å². The highest BCUT2D eigenvalue weighted by atomic mass is 16.3. The zero-order chi connectivity index (χ0) is 15.0. The maximum Gasteiger partial charge on any atom is 0.290 e. The molecule has 0 aromatic carbocycles. The van der Waals surface area contributed by atoms with Crippen LogP contribution in [0.15, 0.2) is 18.3 Å². The van der Waals surface area contributed by atoms with E-state index in [0.29, 0.717) is 0 Å². The van der Waals surface area contributed by atoms with Crippen LogP contribution in [-0.2, 0) is 11.3 Å². The van der Waals surface area contributed by atoms with Gasteiger partial charge in [-0.15, -0.1) is 0 Å². The van der Waals surface area contributed by atoms with Crippen LogP contribution in [0.5, 0.6) is 0 Å². The van der Waals surface area contributed by atoms with Gasteiger partial charge in [0.2, 0.25) is 0 Å². The van der Waals surface area contributed by atoms with Gasteiger partial charge < -0.3 is 10.1 Å². The molecule has 1 aromatic rings. The minimum absolute atomic E-state index is 0.250. The minimum Gasteiger partial charge on any atom is -0.483 e. The summed E-state index contributed by atoms with van der Waals surface area (Å²) in [5.41, 5.74) is 2.39. The molecule has 1 aromatic heterocycles. The lowest BCUT2D eigenvalue weighted by Gasteiger charge is -2.34. The van der Waals surface area contributed by atoms with Crippen LogP contribution in [0.2, 0.25) is 0 Å². The second-order valence-corrected chi connectivity index (χ2v) is 5.13. The van der Waals surface area contributed by atoms with Crippen molar-refractivity contribution in [3.05, 3.63) is 29.9 Å². The molecule has 20 heavy (non-hydrogen) atoms. The summed E-state index contributed by atoms with van der Waals surface area (Å²) >= 11 is 0. The molecule has 1 saturated heterocycles. The number of rotatable bonds is 4. The molecule has 0 amide bonds. The molecule has 0 unspecified atom stereocenters. The van der Waals surface area contributed by atoms with Crippen LogP contribution in [0.3, 0.4) is 0 Å². The van der Waals surface area contributed by atoms with Crippen molar-refractivity contribution >= 4 is 6.47 Å². The van der Waals surface area contributed by atoms with E-state index in [9.17, 15) is 0 Å². The first-order valence-corrected chi connectivity index (χ1v) is 6.72. The molecule has 112 valence electrons. The van der Waals surface area contributed by atoms with Gasteiger partial charge in [-0.1, -0.05) is 12.2 Å². The normalized spacial score (nSPS) is 16.3. The van der Waals surface area contributed by atoms with Crippen molar-refractivity contribution in [1.29, 1.82) is 0 Å². The highest BCUT2D eigenvalue weighted by Crippen LogP contribution is 2.07. The third-order valence-corrected chi connectivity index (χ3v) is 3.09. The number of aromatic amines is 1. The van der Waals surface area contributed by atoms with Crippen molar-refractivity contribution < 1.29 is 9.90 Å². The van der Waals surface area contributed by atoms with Gasteiger partial charge in [0, 0.05) is 44.6 Å². The van der Waals surface area contributed by atoms with Gasteiger partial charge in [0.05, 0.1) is 6.54 Å². The van der Waals surface area contributed by atoms with E-state index in [4.69, 9.17) is 9.90 Å². The van der Waals surface area contributed by atoms with Crippen LogP contribution in [0.25, 0.3) is 0 Å². The lowest BCUT2D eigenvalue weighted by molar-refractivity contribution is -0.122. The van der Waals surface area contributed by atoms with Crippen LogP contribution in [0.1, 0.15) is 18.4 Å². The molecule has 1 fully saturated rings. The Morgan fingerprint density at radius 3 is 2.45 bits per heavy atom. The monoisotopic (exact) mass is 280 g/mol. The van der Waals surface area contributed by atoms with Crippen molar-refractivity contribution in [1.82, 2.24) is 19.8 Å². The van der Waals surface area contributed by atoms with Crippen molar-refractivity contribution in [3.63, 3.8) is 0 Å². The number of nitrogens with one attached hydrogen (secondary N) is 1. The van der Waals surface area contributed by atoms with E-state index < -0.39 is 0 Å². The van der Waals surface area contributed by atoms with Crippen LogP contribution in [0, 0.1) is 6.92 Å². The summed E-state index contributed by atoms with van der Waals surface area (Å²) in [5, 5.41) is 6.89. The number of nitrogens with zero attached hydrogens (tertiary/aromatic N) is 3. The number of carboxylic acid groups (broad SMARTS) is 1. The molecule has 1 aliphatic heterocycles. The summed E-state index contributed by atoms with van der Waals surface area (Å²) < 4.78 is 0. The van der Waals surface area contributed by atoms with Crippen molar-refractivity contribution in [3.8, 4) is 0 Å². The smallest absolute Gasteiger partial charge is 0.290 e. The highest BCUT2D eigenvalue weighted by molar-refractivity contribution is 5.32. The molecule has 1 aliphatic rings. The van der Waals surface area contributed by atoms with Gasteiger partial charge in [0.15, 0.2) is 0 Å². The second-order valence-electron chi connectivity index (χ2n) is 5.13. The third kappa shape index (κ3) is 5.99. The first kappa shape index (κ1) is 16.4. The van der Waals surface area contributed by atoms with Crippen LogP contribution in [0.4, 0.5) is 0 Å². The van der Waals surface area contributed by atoms with Crippen LogP contribution in [-0.4, -0.2) is 64.1 Å². The molecule has 2 heterocycles. The molecule has 0 spiro atoms. The van der Waals surface area contributed by atoms with Gasteiger partial charge >= 0.3 is 0 Å². The van der Waals surface area contributed by atoms with Crippen molar-refractivity contribution in [2.45, 2.75) is 20.4 Å². The second kappa shape index (κ2) is 8.50. The Bertz CT molecular complexity index is 423. The quantitative estimate of drug-likeness (QED) is 0.638. The highest BCUT2D eigenvalue weighted by Gasteiger charge is 2.17. The third-order valence-electron chi connectivity index (χ3n) is 3.09. The Labute approximate surface area is 120 Å². The molecule has 0 atom stereocenters. The first-order chi connectivity index (χ1) is 9.55. The molecule has 2 rings (SSSR count). The first-order valence-electron chi connectivity index (χ1n) is 6.72. The Balaban J connectivity index is 0.000000612.